The standard InChI is InChI=1S/C47H34N2S2/c1-32-15-11-12-22-38(32)43-31-44(39-23-13-14-24-41(39)47(43)50)49(35-20-9-4-10-21-35)37-25-27-40-42-29-36(26-28-45(42)51-46(40)30-37)48(33-16-5-2-6-17-33)34-18-7-3-8-19-34/h2-31,50H,1H3. The van der Waals surface area contributed by atoms with Gasteiger partial charge >= 0.3 is 0 Å². The Labute approximate surface area is 307 Å². The van der Waals surface area contributed by atoms with E-state index in [2.05, 4.69) is 199 Å². The summed E-state index contributed by atoms with van der Waals surface area (Å²) in [5.41, 5.74) is 10.3. The second-order valence-electron chi connectivity index (χ2n) is 12.8. The van der Waals surface area contributed by atoms with Crippen molar-refractivity contribution in [1.82, 2.24) is 0 Å². The fraction of sp³-hybridized carbons (Fsp3) is 0.0213. The van der Waals surface area contributed by atoms with Crippen molar-refractivity contribution in [2.45, 2.75) is 11.8 Å². The Balaban J connectivity index is 1.23. The van der Waals surface area contributed by atoms with Crippen LogP contribution in [-0.4, -0.2) is 0 Å². The molecule has 0 radical (unpaired) electrons. The highest BCUT2D eigenvalue weighted by molar-refractivity contribution is 7.80. The molecule has 1 heterocycles. The molecule has 8 aromatic carbocycles. The summed E-state index contributed by atoms with van der Waals surface area (Å²) < 4.78 is 2.52. The number of fused-ring (bicyclic) bond motifs is 4. The highest BCUT2D eigenvalue weighted by Crippen LogP contribution is 2.47. The van der Waals surface area contributed by atoms with Gasteiger partial charge in [-0.05, 0) is 102 Å². The molecule has 1 aromatic heterocycles. The van der Waals surface area contributed by atoms with Crippen LogP contribution in [0.15, 0.2) is 187 Å². The SMILES string of the molecule is Cc1ccccc1-c1cc(N(c2ccccc2)c2ccc3c(c2)sc2ccc(N(c4ccccc4)c4ccccc4)cc23)c2ccccc2c1S. The molecule has 9 aromatic rings. The fourth-order valence-electron chi connectivity index (χ4n) is 7.24. The van der Waals surface area contributed by atoms with Crippen molar-refractivity contribution in [2.75, 3.05) is 9.80 Å². The molecule has 0 aliphatic heterocycles. The van der Waals surface area contributed by atoms with Crippen LogP contribution in [0, 0.1) is 6.92 Å². The first-order valence-corrected chi connectivity index (χ1v) is 18.4. The van der Waals surface area contributed by atoms with Crippen molar-refractivity contribution in [2.24, 2.45) is 0 Å². The third-order valence-electron chi connectivity index (χ3n) is 9.67. The number of rotatable bonds is 7. The number of thiophene rings is 1. The normalized spacial score (nSPS) is 11.3. The lowest BCUT2D eigenvalue weighted by atomic mass is 9.95. The molecule has 51 heavy (non-hydrogen) atoms. The van der Waals surface area contributed by atoms with Gasteiger partial charge in [0.25, 0.3) is 0 Å². The van der Waals surface area contributed by atoms with Crippen molar-refractivity contribution < 1.29 is 0 Å². The number of hydrogen-bond acceptors (Lipinski definition) is 4. The van der Waals surface area contributed by atoms with Crippen molar-refractivity contribution >= 4 is 89.0 Å². The van der Waals surface area contributed by atoms with Gasteiger partial charge in [-0.15, -0.1) is 24.0 Å². The lowest BCUT2D eigenvalue weighted by Crippen LogP contribution is -2.11. The van der Waals surface area contributed by atoms with Crippen LogP contribution in [-0.2, 0) is 0 Å². The first-order valence-electron chi connectivity index (χ1n) is 17.2. The molecular weight excluding hydrogens is 657 g/mol. The molecule has 0 saturated heterocycles. The summed E-state index contributed by atoms with van der Waals surface area (Å²) >= 11 is 6.98. The zero-order valence-electron chi connectivity index (χ0n) is 28.1. The number of nitrogens with zero attached hydrogens (tertiary/aromatic N) is 2. The van der Waals surface area contributed by atoms with Crippen LogP contribution in [0.5, 0.6) is 0 Å². The van der Waals surface area contributed by atoms with E-state index in [-0.39, 0.29) is 0 Å². The summed E-state index contributed by atoms with van der Waals surface area (Å²) in [6.45, 7) is 2.17. The predicted octanol–water partition coefficient (Wildman–Crippen LogP) is 14.4. The third-order valence-corrected chi connectivity index (χ3v) is 11.3. The molecule has 0 fully saturated rings. The molecule has 9 rings (SSSR count). The Kier molecular flexibility index (Phi) is 8.04. The summed E-state index contributed by atoms with van der Waals surface area (Å²) in [4.78, 5) is 5.72. The molecule has 0 amide bonds. The quantitative estimate of drug-likeness (QED) is 0.166. The number of hydrogen-bond donors (Lipinski definition) is 1. The van der Waals surface area contributed by atoms with Gasteiger partial charge in [-0.3, -0.25) is 0 Å². The maximum absolute atomic E-state index is 5.14. The lowest BCUT2D eigenvalue weighted by molar-refractivity contribution is 1.29. The van der Waals surface area contributed by atoms with Gasteiger partial charge in [0.1, 0.15) is 0 Å². The molecule has 0 unspecified atom stereocenters. The third kappa shape index (κ3) is 5.63. The van der Waals surface area contributed by atoms with E-state index in [0.29, 0.717) is 0 Å². The first kappa shape index (κ1) is 31.2. The topological polar surface area (TPSA) is 6.48 Å². The van der Waals surface area contributed by atoms with Gasteiger partial charge in [0, 0.05) is 58.9 Å². The zero-order valence-corrected chi connectivity index (χ0v) is 29.8. The van der Waals surface area contributed by atoms with E-state index in [1.165, 1.54) is 31.3 Å². The molecule has 0 aliphatic carbocycles. The van der Waals surface area contributed by atoms with Gasteiger partial charge in [0.15, 0.2) is 0 Å². The monoisotopic (exact) mass is 690 g/mol. The van der Waals surface area contributed by atoms with Gasteiger partial charge < -0.3 is 9.80 Å². The van der Waals surface area contributed by atoms with Crippen LogP contribution in [0.4, 0.5) is 34.1 Å². The van der Waals surface area contributed by atoms with Crippen LogP contribution in [0.3, 0.4) is 0 Å². The second kappa shape index (κ2) is 13.1. The van der Waals surface area contributed by atoms with E-state index in [9.17, 15) is 0 Å². The minimum absolute atomic E-state index is 0.993. The Morgan fingerprint density at radius 1 is 0.392 bits per heavy atom. The van der Waals surface area contributed by atoms with Crippen LogP contribution in [0.25, 0.3) is 42.1 Å². The van der Waals surface area contributed by atoms with Gasteiger partial charge in [-0.1, -0.05) is 109 Å². The number of thiol groups is 1. The number of aryl methyl sites for hydroxylation is 1. The zero-order chi connectivity index (χ0) is 34.3. The maximum Gasteiger partial charge on any atom is 0.0547 e. The van der Waals surface area contributed by atoms with Gasteiger partial charge in [-0.2, -0.15) is 0 Å². The maximum atomic E-state index is 5.14. The fourth-order valence-corrected chi connectivity index (χ4v) is 8.74. The second-order valence-corrected chi connectivity index (χ2v) is 14.3. The van der Waals surface area contributed by atoms with E-state index in [0.717, 1.165) is 55.4 Å². The number of anilines is 6. The Morgan fingerprint density at radius 2 is 0.941 bits per heavy atom. The first-order chi connectivity index (χ1) is 25.1. The van der Waals surface area contributed by atoms with Crippen molar-refractivity contribution in [3.8, 4) is 11.1 Å². The Bertz CT molecular complexity index is 2630. The van der Waals surface area contributed by atoms with E-state index in [1.807, 2.05) is 11.3 Å². The van der Waals surface area contributed by atoms with E-state index in [1.54, 1.807) is 0 Å². The van der Waals surface area contributed by atoms with Crippen LogP contribution >= 0.6 is 24.0 Å². The average molecular weight is 691 g/mol. The molecular formula is C47H34N2S2. The molecule has 0 atom stereocenters. The van der Waals surface area contributed by atoms with Crippen molar-refractivity contribution in [3.63, 3.8) is 0 Å². The molecule has 4 heteroatoms. The predicted molar refractivity (Wildman–Crippen MR) is 224 cm³/mol. The summed E-state index contributed by atoms with van der Waals surface area (Å²) in [6, 6.07) is 65.2. The lowest BCUT2D eigenvalue weighted by Gasteiger charge is -2.28. The van der Waals surface area contributed by atoms with Crippen LogP contribution in [0.1, 0.15) is 5.56 Å². The summed E-state index contributed by atoms with van der Waals surface area (Å²) in [5, 5.41) is 4.81. The van der Waals surface area contributed by atoms with Gasteiger partial charge in [0.05, 0.1) is 5.69 Å². The molecule has 0 bridgehead atoms. The minimum atomic E-state index is 0.993. The summed E-state index contributed by atoms with van der Waals surface area (Å²) in [5.74, 6) is 0. The van der Waals surface area contributed by atoms with Crippen molar-refractivity contribution in [1.29, 1.82) is 0 Å². The Hall–Kier alpha value is -5.81. The smallest absolute Gasteiger partial charge is 0.0547 e. The number of benzene rings is 8. The van der Waals surface area contributed by atoms with E-state index >= 15 is 0 Å². The molecule has 0 saturated carbocycles. The largest absolute Gasteiger partial charge is 0.310 e. The number of para-hydroxylation sites is 3. The van der Waals surface area contributed by atoms with Crippen LogP contribution in [0.2, 0.25) is 0 Å². The molecule has 244 valence electrons. The molecule has 0 spiro atoms. The molecule has 2 nitrogen and oxygen atoms in total. The van der Waals surface area contributed by atoms with Crippen LogP contribution < -0.4 is 9.80 Å². The van der Waals surface area contributed by atoms with Gasteiger partial charge in [-0.25, -0.2) is 0 Å². The average Bonchev–Trinajstić information content (AvgIpc) is 3.55. The minimum Gasteiger partial charge on any atom is -0.310 e. The van der Waals surface area contributed by atoms with Gasteiger partial charge in [0.2, 0.25) is 0 Å². The highest BCUT2D eigenvalue weighted by Gasteiger charge is 2.21. The summed E-state index contributed by atoms with van der Waals surface area (Å²) in [6.07, 6.45) is 0. The highest BCUT2D eigenvalue weighted by atomic mass is 32.1. The van der Waals surface area contributed by atoms with E-state index < -0.39 is 0 Å². The molecule has 0 N–H and O–H groups in total. The van der Waals surface area contributed by atoms with E-state index in [4.69, 9.17) is 12.6 Å². The summed E-state index contributed by atoms with van der Waals surface area (Å²) in [7, 11) is 0. The molecule has 0 aliphatic rings. The van der Waals surface area contributed by atoms with Crippen molar-refractivity contribution in [3.05, 3.63) is 188 Å². The Morgan fingerprint density at radius 3 is 1.61 bits per heavy atom.